The molecule has 0 aromatic heterocycles. The van der Waals surface area contributed by atoms with Crippen molar-refractivity contribution in [2.75, 3.05) is 0 Å². The summed E-state index contributed by atoms with van der Waals surface area (Å²) in [6.07, 6.45) is 0. The van der Waals surface area contributed by atoms with Gasteiger partial charge in [0.05, 0.1) is 10.5 Å². The fraction of sp³-hybridized carbons (Fsp3) is 0. The van der Waals surface area contributed by atoms with Crippen LogP contribution in [0.4, 0.5) is 14.5 Å². The molecule has 0 saturated carbocycles. The van der Waals surface area contributed by atoms with Crippen LogP contribution in [-0.2, 0) is 0 Å². The van der Waals surface area contributed by atoms with E-state index >= 15 is 0 Å². The van der Waals surface area contributed by atoms with Crippen LogP contribution in [0.25, 0.3) is 11.1 Å². The number of rotatable bonds is 1. The van der Waals surface area contributed by atoms with E-state index in [1.54, 1.807) is 0 Å². The number of nitro groups is 1. The Hall–Kier alpha value is -2.63. The Bertz CT molecular complexity index is 756. The summed E-state index contributed by atoms with van der Waals surface area (Å²) in [5.41, 5.74) is -0.651. The van der Waals surface area contributed by atoms with Gasteiger partial charge in [0, 0.05) is 23.3 Å². The van der Waals surface area contributed by atoms with Crippen LogP contribution in [-0.4, -0.2) is 10.7 Å². The number of hydrogen-bond donors (Lipinski definition) is 0. The summed E-state index contributed by atoms with van der Waals surface area (Å²) in [6, 6.07) is 5.26. The molecule has 2 aromatic rings. The van der Waals surface area contributed by atoms with E-state index in [4.69, 9.17) is 0 Å². The number of halogens is 2. The van der Waals surface area contributed by atoms with E-state index in [2.05, 4.69) is 0 Å². The van der Waals surface area contributed by atoms with Gasteiger partial charge in [-0.25, -0.2) is 8.78 Å². The Labute approximate surface area is 105 Å². The molecule has 0 heterocycles. The SMILES string of the molecule is O=C1c2cc([N+](=O)[O-])ccc2-c2c(F)ccc(F)c21. The summed E-state index contributed by atoms with van der Waals surface area (Å²) in [5.74, 6) is -2.29. The van der Waals surface area contributed by atoms with Crippen LogP contribution < -0.4 is 0 Å². The minimum Gasteiger partial charge on any atom is -0.288 e. The third-order valence-electron chi connectivity index (χ3n) is 3.06. The van der Waals surface area contributed by atoms with Crippen molar-refractivity contribution in [1.29, 1.82) is 0 Å². The Morgan fingerprint density at radius 2 is 1.58 bits per heavy atom. The quantitative estimate of drug-likeness (QED) is 0.499. The van der Waals surface area contributed by atoms with Crippen LogP contribution >= 0.6 is 0 Å². The van der Waals surface area contributed by atoms with Crippen molar-refractivity contribution in [3.8, 4) is 11.1 Å². The maximum atomic E-state index is 13.7. The second-order valence-corrected chi connectivity index (χ2v) is 4.10. The largest absolute Gasteiger partial charge is 0.288 e. The van der Waals surface area contributed by atoms with Gasteiger partial charge >= 0.3 is 0 Å². The number of non-ortho nitro benzene ring substituents is 1. The predicted molar refractivity (Wildman–Crippen MR) is 61.9 cm³/mol. The summed E-state index contributed by atoms with van der Waals surface area (Å²) in [4.78, 5) is 22.0. The third-order valence-corrected chi connectivity index (χ3v) is 3.06. The van der Waals surface area contributed by atoms with Gasteiger partial charge in [0.2, 0.25) is 0 Å². The zero-order chi connectivity index (χ0) is 13.7. The fourth-order valence-corrected chi connectivity index (χ4v) is 2.22. The van der Waals surface area contributed by atoms with E-state index in [-0.39, 0.29) is 27.9 Å². The number of carbonyl (C=O) groups is 1. The van der Waals surface area contributed by atoms with Gasteiger partial charge in [0.25, 0.3) is 5.69 Å². The molecule has 6 heteroatoms. The van der Waals surface area contributed by atoms with Crippen molar-refractivity contribution in [3.05, 3.63) is 63.2 Å². The second-order valence-electron chi connectivity index (χ2n) is 4.10. The maximum absolute atomic E-state index is 13.7. The van der Waals surface area contributed by atoms with Crippen LogP contribution in [0.1, 0.15) is 15.9 Å². The van der Waals surface area contributed by atoms with Crippen molar-refractivity contribution in [2.24, 2.45) is 0 Å². The number of carbonyl (C=O) groups excluding carboxylic acids is 1. The van der Waals surface area contributed by atoms with Gasteiger partial charge in [-0.05, 0) is 23.8 Å². The molecule has 94 valence electrons. The van der Waals surface area contributed by atoms with Crippen LogP contribution in [0.15, 0.2) is 30.3 Å². The van der Waals surface area contributed by atoms with Crippen molar-refractivity contribution in [1.82, 2.24) is 0 Å². The zero-order valence-corrected chi connectivity index (χ0v) is 9.31. The van der Waals surface area contributed by atoms with Gasteiger partial charge in [-0.15, -0.1) is 0 Å². The zero-order valence-electron chi connectivity index (χ0n) is 9.31. The van der Waals surface area contributed by atoms with Gasteiger partial charge < -0.3 is 0 Å². The Balaban J connectivity index is 2.34. The van der Waals surface area contributed by atoms with E-state index in [1.165, 1.54) is 6.07 Å². The molecule has 0 atom stereocenters. The Morgan fingerprint density at radius 1 is 0.947 bits per heavy atom. The predicted octanol–water partition coefficient (Wildman–Crippen LogP) is 3.08. The normalized spacial score (nSPS) is 12.2. The van der Waals surface area contributed by atoms with Gasteiger partial charge in [-0.3, -0.25) is 14.9 Å². The number of nitrogens with zero attached hydrogens (tertiary/aromatic N) is 1. The highest BCUT2D eigenvalue weighted by atomic mass is 19.1. The first-order valence-corrected chi connectivity index (χ1v) is 5.32. The molecule has 1 aliphatic carbocycles. The summed E-state index contributed by atoms with van der Waals surface area (Å²) in [6.45, 7) is 0. The van der Waals surface area contributed by atoms with E-state index in [0.717, 1.165) is 24.3 Å². The summed E-state index contributed by atoms with van der Waals surface area (Å²) in [7, 11) is 0. The molecule has 0 fully saturated rings. The minimum absolute atomic E-state index is 0.0480. The molecular weight excluding hydrogens is 256 g/mol. The average molecular weight is 261 g/mol. The summed E-state index contributed by atoms with van der Waals surface area (Å²) < 4.78 is 27.4. The Morgan fingerprint density at radius 3 is 2.21 bits per heavy atom. The number of fused-ring (bicyclic) bond motifs is 3. The van der Waals surface area contributed by atoms with Crippen molar-refractivity contribution < 1.29 is 18.5 Å². The highest BCUT2D eigenvalue weighted by Gasteiger charge is 2.33. The molecule has 1 aliphatic rings. The number of hydrogen-bond acceptors (Lipinski definition) is 3. The van der Waals surface area contributed by atoms with Crippen LogP contribution in [0.3, 0.4) is 0 Å². The first-order valence-electron chi connectivity index (χ1n) is 5.32. The molecule has 4 nitrogen and oxygen atoms in total. The molecule has 0 amide bonds. The van der Waals surface area contributed by atoms with Crippen LogP contribution in [0.5, 0.6) is 0 Å². The fourth-order valence-electron chi connectivity index (χ4n) is 2.22. The lowest BCUT2D eigenvalue weighted by Crippen LogP contribution is -2.00. The van der Waals surface area contributed by atoms with E-state index in [9.17, 15) is 23.7 Å². The number of ketones is 1. The summed E-state index contributed by atoms with van der Waals surface area (Å²) >= 11 is 0. The molecule has 0 bridgehead atoms. The summed E-state index contributed by atoms with van der Waals surface area (Å²) in [5, 5.41) is 10.7. The number of benzene rings is 2. The number of nitro benzene ring substituents is 1. The van der Waals surface area contributed by atoms with E-state index < -0.39 is 22.3 Å². The average Bonchev–Trinajstić information content (AvgIpc) is 2.68. The molecule has 0 unspecified atom stereocenters. The van der Waals surface area contributed by atoms with Gasteiger partial charge in [-0.1, -0.05) is 0 Å². The topological polar surface area (TPSA) is 60.2 Å². The minimum atomic E-state index is -0.833. The molecule has 0 radical (unpaired) electrons. The first kappa shape index (κ1) is 11.5. The molecule has 0 N–H and O–H groups in total. The lowest BCUT2D eigenvalue weighted by molar-refractivity contribution is -0.384. The smallest absolute Gasteiger partial charge is 0.270 e. The molecule has 0 saturated heterocycles. The third kappa shape index (κ3) is 1.46. The van der Waals surface area contributed by atoms with Gasteiger partial charge in [0.15, 0.2) is 5.78 Å². The lowest BCUT2D eigenvalue weighted by atomic mass is 10.0. The van der Waals surface area contributed by atoms with E-state index in [0.29, 0.717) is 0 Å². The van der Waals surface area contributed by atoms with Crippen LogP contribution in [0, 0.1) is 21.7 Å². The monoisotopic (exact) mass is 261 g/mol. The van der Waals surface area contributed by atoms with Crippen molar-refractivity contribution >= 4 is 11.5 Å². The molecule has 0 aliphatic heterocycles. The van der Waals surface area contributed by atoms with Crippen molar-refractivity contribution in [3.63, 3.8) is 0 Å². The molecular formula is C13H5F2NO3. The van der Waals surface area contributed by atoms with Crippen molar-refractivity contribution in [2.45, 2.75) is 0 Å². The van der Waals surface area contributed by atoms with Crippen LogP contribution in [0.2, 0.25) is 0 Å². The Kier molecular flexibility index (Phi) is 2.22. The molecule has 2 aromatic carbocycles. The van der Waals surface area contributed by atoms with Gasteiger partial charge in [-0.2, -0.15) is 0 Å². The molecule has 19 heavy (non-hydrogen) atoms. The first-order chi connectivity index (χ1) is 9.00. The molecule has 0 spiro atoms. The lowest BCUT2D eigenvalue weighted by Gasteiger charge is -2.01. The second kappa shape index (κ2) is 3.68. The highest BCUT2D eigenvalue weighted by Crippen LogP contribution is 2.40. The molecule has 3 rings (SSSR count). The van der Waals surface area contributed by atoms with Gasteiger partial charge in [0.1, 0.15) is 11.6 Å². The standard InChI is InChI=1S/C13H5F2NO3/c14-9-3-4-10(15)12-11(9)7-2-1-6(16(18)19)5-8(7)13(12)17/h1-5H. The van der Waals surface area contributed by atoms with E-state index in [1.807, 2.05) is 0 Å². The maximum Gasteiger partial charge on any atom is 0.270 e. The highest BCUT2D eigenvalue weighted by molar-refractivity contribution is 6.22.